The first-order valence-corrected chi connectivity index (χ1v) is 56.9. The lowest BCUT2D eigenvalue weighted by Crippen LogP contribution is -2.52. The van der Waals surface area contributed by atoms with E-state index in [2.05, 4.69) is 111 Å². The SMILES string of the molecule is C.CCN(CC)CC.CC[C@H]1O[C@@H](n2ccc(NC(=O)C(C)C)nc2=O)CC1O.CC[C@H]1O[C@@H](n2ccc(NC(=O)C(C)C)nc2=O)CC1O[P@@]1OC2(CCCC2)[C@H](C2CCCCC2)N1C.CC[C@H]1O[C@@H](n2ccc(NC(=O)C(C)C)nc2=O)CC1O[P@]1OC2(CCCC2)[C@H](C2CCCCC2)N1C.CN1[C@@H](C2CCCCC2)C2(CCCC2)OP1Cl.CN[C@@H](C1CCCCC1)C1(O)CCCC1. The molecule has 3 aromatic rings. The maximum Gasteiger partial charge on any atom is 0.351 e. The minimum Gasteiger partial charge on any atom is -0.390 e. The van der Waals surface area contributed by atoms with Crippen LogP contribution in [0.5, 0.6) is 0 Å². The molecule has 135 heavy (non-hydrogen) atoms. The molecule has 17 rings (SSSR count). The highest BCUT2D eigenvalue weighted by atomic mass is 35.7. The number of amides is 3. The van der Waals surface area contributed by atoms with E-state index in [-0.39, 0.29) is 108 Å². The van der Waals surface area contributed by atoms with Crippen LogP contribution in [0.3, 0.4) is 0 Å². The maximum atomic E-state index is 12.8. The lowest BCUT2D eigenvalue weighted by Gasteiger charge is -2.39. The zero-order valence-corrected chi connectivity index (χ0v) is 87.6. The average molecular weight is 1970 g/mol. The predicted octanol–water partition coefficient (Wildman–Crippen LogP) is 20.8. The van der Waals surface area contributed by atoms with Crippen LogP contribution in [0.2, 0.25) is 0 Å². The Morgan fingerprint density at radius 2 is 0.763 bits per heavy atom. The Balaban J connectivity index is 0.000000166. The average Bonchev–Trinajstić information content (AvgIpc) is 1.45. The molecule has 14 fully saturated rings. The number of likely N-dealkylation sites (N-methyl/N-ethyl adjacent to an activating group) is 4. The highest BCUT2D eigenvalue weighted by molar-refractivity contribution is 7.78. The number of hydrogen-bond acceptors (Lipinski definition) is 24. The molecule has 34 heteroatoms. The third-order valence-corrected chi connectivity index (χ3v) is 37.4. The second kappa shape index (κ2) is 52.5. The molecule has 16 atom stereocenters. The van der Waals surface area contributed by atoms with E-state index in [0.29, 0.717) is 67.6 Å². The van der Waals surface area contributed by atoms with Gasteiger partial charge in [-0.25, -0.2) is 28.4 Å². The predicted molar refractivity (Wildman–Crippen MR) is 539 cm³/mol. The first-order chi connectivity index (χ1) is 64.4. The number of aliphatic hydroxyl groups excluding tert-OH is 1. The summed E-state index contributed by atoms with van der Waals surface area (Å²) in [5.41, 5.74) is -1.79. The molecule has 8 aliphatic carbocycles. The van der Waals surface area contributed by atoms with Crippen molar-refractivity contribution in [3.05, 3.63) is 68.2 Å². The number of aliphatic hydroxyl groups is 2. The number of anilines is 3. The topological polar surface area (TPSA) is 331 Å². The lowest BCUT2D eigenvalue weighted by molar-refractivity contribution is -0.119. The van der Waals surface area contributed by atoms with Crippen LogP contribution in [0.1, 0.15) is 379 Å². The molecule has 3 aromatic heterocycles. The molecular formula is C101H174ClN14O16P3. The molecule has 6 N–H and O–H groups in total. The smallest absolute Gasteiger partial charge is 0.351 e. The van der Waals surface area contributed by atoms with E-state index in [1.165, 1.54) is 232 Å². The standard InChI is InChI=1S/2C27H43N4O5P.C14H21N3O4.C13H23ClNOP.C13H25NO.C6H15N.CH4/c2*1-5-20-21(17-23(34-20)31-16-13-22(29-26(31)33)28-25(32)18(2)3)35-37-30(4)24(19-11-7-6-8-12-19)27(36-37)14-9-10-15-27;1-4-10-9(18)7-12(21-10)17-6-5-11(16-14(17)20)15-13(19)8(2)3;1-15-12(11-7-3-2-4-8-11)13(16-17(15)14)9-5-6-10-13;1-14-12(11-7-3-2-4-8-11)13(15)9-5-6-10-13;1-4-7(5-2)6-3;/h2*13,16,18-21,23-24H,5-12,14-15,17H2,1-4H3,(H,28,29,32,33);5-6,8-10,12,18H,4,7H2,1-3H3,(H,15,16,19,20);11-12H,2-10H2,1H3;11-12,14-15H,2-10H2,1H3;4-6H2,1-3H3;1H4/t20-,21?,23-,24+,37+;20-,21?,23-,24+,37-;9?,10-,12-;12-,17?;12-;;/m11100../s1. The van der Waals surface area contributed by atoms with Crippen LogP contribution >= 0.6 is 35.9 Å². The van der Waals surface area contributed by atoms with Crippen molar-refractivity contribution in [2.75, 3.05) is 63.8 Å². The van der Waals surface area contributed by atoms with Gasteiger partial charge in [-0.05, 0) is 223 Å². The number of nitrogens with zero attached hydrogens (tertiary/aromatic N) is 10. The highest BCUT2D eigenvalue weighted by Crippen LogP contribution is 2.67. The number of aromatic nitrogens is 6. The number of hydrogen-bond donors (Lipinski definition) is 6. The van der Waals surface area contributed by atoms with E-state index >= 15 is 0 Å². The molecule has 14 aliphatic rings. The molecule has 6 aliphatic heterocycles. The normalized spacial score (nSPS) is 30.5. The number of carbonyl (C=O) groups is 3. The third-order valence-electron chi connectivity index (χ3n) is 31.8. The first-order valence-electron chi connectivity index (χ1n) is 52.5. The summed E-state index contributed by atoms with van der Waals surface area (Å²) in [7, 11) is 5.39. The summed E-state index contributed by atoms with van der Waals surface area (Å²) in [6.07, 6.45) is 51.7. The van der Waals surface area contributed by atoms with Crippen LogP contribution in [-0.2, 0) is 51.2 Å². The van der Waals surface area contributed by atoms with Crippen molar-refractivity contribution in [2.24, 2.45) is 41.4 Å². The van der Waals surface area contributed by atoms with Gasteiger partial charge in [0.1, 0.15) is 36.1 Å². The molecular weight excluding hydrogens is 1790 g/mol. The van der Waals surface area contributed by atoms with Crippen molar-refractivity contribution < 1.29 is 61.4 Å². The minimum atomic E-state index is -1.19. The molecule has 3 amide bonds. The fourth-order valence-electron chi connectivity index (χ4n) is 24.4. The Morgan fingerprint density at radius 1 is 0.459 bits per heavy atom. The van der Waals surface area contributed by atoms with Crippen molar-refractivity contribution in [3.63, 3.8) is 0 Å². The van der Waals surface area contributed by atoms with E-state index < -0.39 is 72.2 Å². The van der Waals surface area contributed by atoms with Crippen LogP contribution < -0.4 is 38.3 Å². The Morgan fingerprint density at radius 3 is 1.06 bits per heavy atom. The van der Waals surface area contributed by atoms with Crippen molar-refractivity contribution in [1.82, 2.24) is 52.9 Å². The Labute approximate surface area is 816 Å². The molecule has 0 radical (unpaired) electrons. The molecule has 30 nitrogen and oxygen atoms in total. The van der Waals surface area contributed by atoms with Crippen molar-refractivity contribution >= 4 is 71.1 Å². The van der Waals surface area contributed by atoms with Gasteiger partial charge >= 0.3 is 17.1 Å². The van der Waals surface area contributed by atoms with Gasteiger partial charge in [0.2, 0.25) is 25.4 Å². The van der Waals surface area contributed by atoms with Crippen LogP contribution in [0.15, 0.2) is 51.2 Å². The molecule has 8 saturated carbocycles. The fraction of sp³-hybridized carbons (Fsp3) is 0.851. The monoisotopic (exact) mass is 1970 g/mol. The quantitative estimate of drug-likeness (QED) is 0.0429. The van der Waals surface area contributed by atoms with Crippen molar-refractivity contribution in [1.29, 1.82) is 0 Å². The largest absolute Gasteiger partial charge is 0.390 e. The van der Waals surface area contributed by atoms with Gasteiger partial charge in [-0.15, -0.1) is 0 Å². The number of ether oxygens (including phenoxy) is 3. The van der Waals surface area contributed by atoms with Crippen LogP contribution in [-0.4, -0.2) is 207 Å². The van der Waals surface area contributed by atoms with Gasteiger partial charge in [0.25, 0.3) is 17.1 Å². The van der Waals surface area contributed by atoms with Crippen molar-refractivity contribution in [2.45, 2.75) is 462 Å². The van der Waals surface area contributed by atoms with Gasteiger partial charge in [0.15, 0.2) is 0 Å². The van der Waals surface area contributed by atoms with Gasteiger partial charge < -0.3 is 73.2 Å². The molecule has 0 aromatic carbocycles. The second-order valence-corrected chi connectivity index (χ2v) is 46.9. The number of nitrogens with one attached hydrogen (secondary N) is 4. The van der Waals surface area contributed by atoms with Gasteiger partial charge in [-0.3, -0.25) is 28.1 Å². The third kappa shape index (κ3) is 28.0. The lowest BCUT2D eigenvalue weighted by atomic mass is 9.76. The van der Waals surface area contributed by atoms with Gasteiger partial charge in [-0.2, -0.15) is 15.0 Å². The number of halogens is 1. The van der Waals surface area contributed by atoms with E-state index in [1.54, 1.807) is 72.1 Å². The Bertz CT molecular complexity index is 4130. The molecule has 766 valence electrons. The van der Waals surface area contributed by atoms with Crippen LogP contribution in [0.25, 0.3) is 0 Å². The Kier molecular flexibility index (Phi) is 43.3. The number of rotatable bonds is 25. The summed E-state index contributed by atoms with van der Waals surface area (Å²) < 4.78 is 63.3. The summed E-state index contributed by atoms with van der Waals surface area (Å²) in [5.74, 6) is 2.55. The van der Waals surface area contributed by atoms with Gasteiger partial charge in [0.05, 0.1) is 59.0 Å². The summed E-state index contributed by atoms with van der Waals surface area (Å²) in [5, 5.41) is 31.8. The molecule has 6 saturated heterocycles. The van der Waals surface area contributed by atoms with E-state index in [0.717, 1.165) is 57.3 Å². The summed E-state index contributed by atoms with van der Waals surface area (Å²) in [6.45, 7) is 26.9. The van der Waals surface area contributed by atoms with E-state index in [9.17, 15) is 39.0 Å². The zero-order chi connectivity index (χ0) is 96.2. The molecule has 4 unspecified atom stereocenters. The van der Waals surface area contributed by atoms with Gasteiger partial charge in [0, 0.05) is 79.8 Å². The molecule has 0 bridgehead atoms. The fourth-order valence-corrected chi connectivity index (χ4v) is 30.4. The highest BCUT2D eigenvalue weighted by Gasteiger charge is 2.61. The summed E-state index contributed by atoms with van der Waals surface area (Å²) in [4.78, 5) is 87.5. The number of carbonyl (C=O) groups excluding carboxylic acids is 3. The zero-order valence-electron chi connectivity index (χ0n) is 84.1. The van der Waals surface area contributed by atoms with Gasteiger partial charge in [-0.1, -0.05) is 219 Å². The summed E-state index contributed by atoms with van der Waals surface area (Å²) >= 11 is 6.41. The maximum absolute atomic E-state index is 12.8. The first kappa shape index (κ1) is 111. The van der Waals surface area contributed by atoms with E-state index in [4.69, 9.17) is 48.1 Å². The molecule has 9 heterocycles. The molecule has 3 spiro atoms. The van der Waals surface area contributed by atoms with Crippen molar-refractivity contribution in [3.8, 4) is 0 Å². The second-order valence-electron chi connectivity index (χ2n) is 41.8. The summed E-state index contributed by atoms with van der Waals surface area (Å²) in [6, 6.07) is 6.67. The Hall–Kier alpha value is -3.97. The minimum absolute atomic E-state index is 0. The van der Waals surface area contributed by atoms with E-state index in [1.807, 2.05) is 14.0 Å². The van der Waals surface area contributed by atoms with Crippen LogP contribution in [0.4, 0.5) is 17.5 Å². The van der Waals surface area contributed by atoms with Crippen LogP contribution in [0, 0.1) is 41.4 Å².